The van der Waals surface area contributed by atoms with Gasteiger partial charge in [0.1, 0.15) is 16.0 Å². The third kappa shape index (κ3) is 2.98. The van der Waals surface area contributed by atoms with Crippen LogP contribution in [0.3, 0.4) is 0 Å². The summed E-state index contributed by atoms with van der Waals surface area (Å²) in [6.07, 6.45) is 0. The lowest BCUT2D eigenvalue weighted by Gasteiger charge is -2.12. The van der Waals surface area contributed by atoms with E-state index in [0.717, 1.165) is 3.57 Å². The van der Waals surface area contributed by atoms with E-state index in [9.17, 15) is 4.79 Å². The first-order valence-corrected chi connectivity index (χ1v) is 7.66. The lowest BCUT2D eigenvalue weighted by Crippen LogP contribution is -2.05. The minimum Gasteiger partial charge on any atom is -0.495 e. The highest BCUT2D eigenvalue weighted by atomic mass is 127. The summed E-state index contributed by atoms with van der Waals surface area (Å²) in [5.74, 6) is 1.02. The van der Waals surface area contributed by atoms with Crippen molar-refractivity contribution in [2.75, 3.05) is 14.2 Å². The second-order valence-corrected chi connectivity index (χ2v) is 6.04. The normalized spacial score (nSPS) is 10.2. The van der Waals surface area contributed by atoms with Gasteiger partial charge in [-0.25, -0.2) is 0 Å². The summed E-state index contributed by atoms with van der Waals surface area (Å²) in [6, 6.07) is 10.9. The number of ketones is 1. The molecule has 0 spiro atoms. The first kappa shape index (κ1) is 15.3. The predicted molar refractivity (Wildman–Crippen MR) is 89.8 cm³/mol. The van der Waals surface area contributed by atoms with E-state index in [1.807, 2.05) is 24.3 Å². The van der Waals surface area contributed by atoms with Crippen molar-refractivity contribution in [2.24, 2.45) is 0 Å². The number of hydrogen-bond acceptors (Lipinski definition) is 3. The molecule has 5 heteroatoms. The first-order valence-electron chi connectivity index (χ1n) is 5.79. The van der Waals surface area contributed by atoms with Crippen LogP contribution in [0, 0.1) is 3.57 Å². The Labute approximate surface area is 139 Å². The van der Waals surface area contributed by atoms with Gasteiger partial charge in [0, 0.05) is 9.13 Å². The lowest BCUT2D eigenvalue weighted by molar-refractivity contribution is 0.103. The molecule has 0 radical (unpaired) electrons. The van der Waals surface area contributed by atoms with Crippen LogP contribution in [-0.2, 0) is 0 Å². The van der Waals surface area contributed by atoms with Crippen molar-refractivity contribution >= 4 is 44.3 Å². The molecule has 104 valence electrons. The topological polar surface area (TPSA) is 35.5 Å². The summed E-state index contributed by atoms with van der Waals surface area (Å²) in [7, 11) is 3.10. The van der Waals surface area contributed by atoms with Gasteiger partial charge in [-0.2, -0.15) is 0 Å². The smallest absolute Gasteiger partial charge is 0.196 e. The van der Waals surface area contributed by atoms with E-state index < -0.39 is 0 Å². The number of ether oxygens (including phenoxy) is 2. The number of carbonyl (C=O) groups excluding carboxylic acids is 1. The van der Waals surface area contributed by atoms with E-state index in [1.54, 1.807) is 19.2 Å². The molecular formula is C15H12BrIO3. The van der Waals surface area contributed by atoms with Gasteiger partial charge in [0.2, 0.25) is 0 Å². The highest BCUT2D eigenvalue weighted by molar-refractivity contribution is 14.1. The molecule has 2 rings (SSSR count). The molecule has 3 nitrogen and oxygen atoms in total. The first-order chi connectivity index (χ1) is 9.58. The molecule has 0 aliphatic heterocycles. The second kappa shape index (κ2) is 6.58. The molecule has 0 N–H and O–H groups in total. The molecular weight excluding hydrogens is 435 g/mol. The molecule has 0 saturated heterocycles. The number of carbonyl (C=O) groups is 1. The number of hydrogen-bond donors (Lipinski definition) is 0. The molecule has 0 unspecified atom stereocenters. The molecule has 0 aliphatic rings. The molecule has 0 fully saturated rings. The lowest BCUT2D eigenvalue weighted by atomic mass is 10.0. The Bertz CT molecular complexity index is 638. The minimum absolute atomic E-state index is 0.0818. The van der Waals surface area contributed by atoms with Crippen LogP contribution >= 0.6 is 38.5 Å². The Balaban J connectivity index is 2.49. The number of methoxy groups -OCH3 is 2. The van der Waals surface area contributed by atoms with Crippen LogP contribution in [-0.4, -0.2) is 20.0 Å². The fraction of sp³-hybridized carbons (Fsp3) is 0.133. The molecule has 2 aromatic carbocycles. The summed E-state index contributed by atoms with van der Waals surface area (Å²) in [4.78, 5) is 12.5. The van der Waals surface area contributed by atoms with E-state index in [-0.39, 0.29) is 5.78 Å². The van der Waals surface area contributed by atoms with Crippen molar-refractivity contribution in [1.29, 1.82) is 0 Å². The molecule has 20 heavy (non-hydrogen) atoms. The van der Waals surface area contributed by atoms with E-state index in [2.05, 4.69) is 38.5 Å². The van der Waals surface area contributed by atoms with Crippen LogP contribution in [0.15, 0.2) is 40.9 Å². The zero-order valence-corrected chi connectivity index (χ0v) is 14.7. The Morgan fingerprint density at radius 3 is 2.25 bits per heavy atom. The quantitative estimate of drug-likeness (QED) is 0.518. The van der Waals surface area contributed by atoms with Crippen LogP contribution < -0.4 is 9.47 Å². The summed E-state index contributed by atoms with van der Waals surface area (Å²) >= 11 is 5.60. The van der Waals surface area contributed by atoms with Crippen molar-refractivity contribution in [3.63, 3.8) is 0 Å². The van der Waals surface area contributed by atoms with Crippen LogP contribution in [0.25, 0.3) is 0 Å². The fourth-order valence-electron chi connectivity index (χ4n) is 1.83. The highest BCUT2D eigenvalue weighted by Gasteiger charge is 2.19. The van der Waals surface area contributed by atoms with E-state index in [4.69, 9.17) is 9.47 Å². The van der Waals surface area contributed by atoms with Crippen molar-refractivity contribution in [2.45, 2.75) is 0 Å². The average molecular weight is 447 g/mol. The minimum atomic E-state index is -0.0818. The Kier molecular flexibility index (Phi) is 5.04. The van der Waals surface area contributed by atoms with Gasteiger partial charge in [-0.15, -0.1) is 0 Å². The van der Waals surface area contributed by atoms with Crippen molar-refractivity contribution < 1.29 is 14.3 Å². The summed E-state index contributed by atoms with van der Waals surface area (Å²) < 4.78 is 12.3. The molecule has 0 amide bonds. The summed E-state index contributed by atoms with van der Waals surface area (Å²) in [5, 5.41) is 0. The van der Waals surface area contributed by atoms with Gasteiger partial charge < -0.3 is 9.47 Å². The van der Waals surface area contributed by atoms with Gasteiger partial charge >= 0.3 is 0 Å². The van der Waals surface area contributed by atoms with Crippen LogP contribution in [0.2, 0.25) is 0 Å². The van der Waals surface area contributed by atoms with Gasteiger partial charge in [0.15, 0.2) is 5.78 Å². The molecule has 0 aliphatic carbocycles. The van der Waals surface area contributed by atoms with Gasteiger partial charge in [-0.3, -0.25) is 4.79 Å². The SMILES string of the molecule is COc1ccc(C(=O)c2ccc(I)cc2)c(OC)c1Br. The van der Waals surface area contributed by atoms with E-state index in [1.165, 1.54) is 7.11 Å². The zero-order valence-electron chi connectivity index (χ0n) is 10.9. The molecule has 0 saturated carbocycles. The van der Waals surface area contributed by atoms with Crippen molar-refractivity contribution in [1.82, 2.24) is 0 Å². The van der Waals surface area contributed by atoms with Crippen LogP contribution in [0.1, 0.15) is 15.9 Å². The Morgan fingerprint density at radius 2 is 1.70 bits per heavy atom. The summed E-state index contributed by atoms with van der Waals surface area (Å²) in [5.41, 5.74) is 1.13. The third-order valence-electron chi connectivity index (χ3n) is 2.84. The third-order valence-corrected chi connectivity index (χ3v) is 4.31. The maximum Gasteiger partial charge on any atom is 0.196 e. The van der Waals surface area contributed by atoms with Crippen molar-refractivity contribution in [3.05, 3.63) is 55.6 Å². The predicted octanol–water partition coefficient (Wildman–Crippen LogP) is 4.30. The Hall–Kier alpha value is -1.08. The maximum absolute atomic E-state index is 12.5. The average Bonchev–Trinajstić information content (AvgIpc) is 2.47. The fourth-order valence-corrected chi connectivity index (χ4v) is 2.86. The second-order valence-electron chi connectivity index (χ2n) is 4.00. The molecule has 0 heterocycles. The van der Waals surface area contributed by atoms with E-state index in [0.29, 0.717) is 27.1 Å². The van der Waals surface area contributed by atoms with E-state index >= 15 is 0 Å². The van der Waals surface area contributed by atoms with Crippen LogP contribution in [0.5, 0.6) is 11.5 Å². The number of benzene rings is 2. The monoisotopic (exact) mass is 446 g/mol. The largest absolute Gasteiger partial charge is 0.495 e. The zero-order chi connectivity index (χ0) is 14.7. The van der Waals surface area contributed by atoms with Gasteiger partial charge in [-0.05, 0) is 74.9 Å². The van der Waals surface area contributed by atoms with Crippen molar-refractivity contribution in [3.8, 4) is 11.5 Å². The number of rotatable bonds is 4. The summed E-state index contributed by atoms with van der Waals surface area (Å²) in [6.45, 7) is 0. The molecule has 0 atom stereocenters. The Morgan fingerprint density at radius 1 is 1.05 bits per heavy atom. The standard InChI is InChI=1S/C15H12BrIO3/c1-19-12-8-7-11(15(20-2)13(12)16)14(18)9-3-5-10(17)6-4-9/h3-8H,1-2H3. The molecule has 2 aromatic rings. The number of halogens is 2. The highest BCUT2D eigenvalue weighted by Crippen LogP contribution is 2.38. The van der Waals surface area contributed by atoms with Gasteiger partial charge in [-0.1, -0.05) is 0 Å². The molecule has 0 bridgehead atoms. The maximum atomic E-state index is 12.5. The molecule has 0 aromatic heterocycles. The van der Waals surface area contributed by atoms with Gasteiger partial charge in [0.05, 0.1) is 19.8 Å². The van der Waals surface area contributed by atoms with Crippen LogP contribution in [0.4, 0.5) is 0 Å². The van der Waals surface area contributed by atoms with Gasteiger partial charge in [0.25, 0.3) is 0 Å².